The molecule has 2 aliphatic rings. The highest BCUT2D eigenvalue weighted by molar-refractivity contribution is 7.88. The lowest BCUT2D eigenvalue weighted by Crippen LogP contribution is -2.26. The van der Waals surface area contributed by atoms with Gasteiger partial charge in [-0.2, -0.15) is 5.10 Å². The summed E-state index contributed by atoms with van der Waals surface area (Å²) in [5, 5.41) is 4.63. The average Bonchev–Trinajstić information content (AvgIpc) is 3.16. The first-order chi connectivity index (χ1) is 8.53. The van der Waals surface area contributed by atoms with Crippen LogP contribution in [0, 0.1) is 0 Å². The van der Waals surface area contributed by atoms with Gasteiger partial charge in [-0.05, 0) is 31.7 Å². The molecule has 1 N–H and O–H groups in total. The summed E-state index contributed by atoms with van der Waals surface area (Å²) in [5.41, 5.74) is 2.50. The number of hydrogen-bond acceptors (Lipinski definition) is 3. The molecule has 0 spiro atoms. The van der Waals surface area contributed by atoms with E-state index in [1.54, 1.807) is 0 Å². The molecule has 1 aromatic heterocycles. The summed E-state index contributed by atoms with van der Waals surface area (Å²) < 4.78 is 26.6. The topological polar surface area (TPSA) is 64.0 Å². The monoisotopic (exact) mass is 269 g/mol. The lowest BCUT2D eigenvalue weighted by atomic mass is 10.2. The fourth-order valence-corrected chi connectivity index (χ4v) is 2.72. The molecule has 0 aliphatic heterocycles. The van der Waals surface area contributed by atoms with Gasteiger partial charge in [-0.15, -0.1) is 0 Å². The zero-order valence-electron chi connectivity index (χ0n) is 10.6. The van der Waals surface area contributed by atoms with E-state index >= 15 is 0 Å². The van der Waals surface area contributed by atoms with Crippen molar-refractivity contribution in [2.24, 2.45) is 0 Å². The minimum Gasteiger partial charge on any atom is -0.268 e. The minimum atomic E-state index is -3.10. The van der Waals surface area contributed by atoms with Crippen molar-refractivity contribution in [1.29, 1.82) is 0 Å². The Morgan fingerprint density at radius 3 is 2.56 bits per heavy atom. The van der Waals surface area contributed by atoms with E-state index in [-0.39, 0.29) is 0 Å². The number of rotatable bonds is 6. The van der Waals surface area contributed by atoms with Crippen LogP contribution in [0.1, 0.15) is 48.9 Å². The van der Waals surface area contributed by atoms with Gasteiger partial charge in [0.1, 0.15) is 0 Å². The molecule has 0 saturated heterocycles. The molecule has 100 valence electrons. The van der Waals surface area contributed by atoms with Crippen molar-refractivity contribution < 1.29 is 8.42 Å². The zero-order valence-corrected chi connectivity index (χ0v) is 11.4. The molecule has 1 aromatic rings. The molecule has 0 aromatic carbocycles. The zero-order chi connectivity index (χ0) is 12.8. The Bertz CT molecular complexity index is 542. The molecule has 6 heteroatoms. The summed E-state index contributed by atoms with van der Waals surface area (Å²) in [6.45, 7) is 1.05. The summed E-state index contributed by atoms with van der Waals surface area (Å²) in [5.74, 6) is 1.31. The van der Waals surface area contributed by atoms with Crippen LogP contribution in [0.2, 0.25) is 0 Å². The van der Waals surface area contributed by atoms with Crippen LogP contribution in [-0.4, -0.2) is 31.0 Å². The first kappa shape index (κ1) is 12.2. The Hall–Kier alpha value is -0.880. The van der Waals surface area contributed by atoms with Gasteiger partial charge in [0.2, 0.25) is 10.0 Å². The molecular weight excluding hydrogens is 250 g/mol. The Kier molecular flexibility index (Phi) is 2.94. The van der Waals surface area contributed by atoms with Crippen LogP contribution in [0.15, 0.2) is 6.07 Å². The van der Waals surface area contributed by atoms with Gasteiger partial charge >= 0.3 is 0 Å². The van der Waals surface area contributed by atoms with E-state index < -0.39 is 10.0 Å². The van der Waals surface area contributed by atoms with Crippen LogP contribution in [0.25, 0.3) is 0 Å². The van der Waals surface area contributed by atoms with Crippen molar-refractivity contribution in [3.8, 4) is 0 Å². The quantitative estimate of drug-likeness (QED) is 0.843. The molecule has 1 heterocycles. The standard InChI is InChI=1S/C12H19N3O2S/c1-18(16,17)13-6-7-15-12(10-4-5-10)8-11(14-15)9-2-3-9/h8-10,13H,2-7H2,1H3. The highest BCUT2D eigenvalue weighted by Gasteiger charge is 2.32. The predicted octanol–water partition coefficient (Wildman–Crippen LogP) is 1.19. The van der Waals surface area contributed by atoms with E-state index in [1.165, 1.54) is 43.3 Å². The van der Waals surface area contributed by atoms with Crippen molar-refractivity contribution in [3.05, 3.63) is 17.5 Å². The predicted molar refractivity (Wildman–Crippen MR) is 69.0 cm³/mol. The highest BCUT2D eigenvalue weighted by Crippen LogP contribution is 2.44. The van der Waals surface area contributed by atoms with Crippen LogP contribution in [0.4, 0.5) is 0 Å². The number of aromatic nitrogens is 2. The largest absolute Gasteiger partial charge is 0.268 e. The summed E-state index contributed by atoms with van der Waals surface area (Å²) in [7, 11) is -3.10. The van der Waals surface area contributed by atoms with Crippen LogP contribution in [-0.2, 0) is 16.6 Å². The van der Waals surface area contributed by atoms with E-state index in [0.717, 1.165) is 0 Å². The lowest BCUT2D eigenvalue weighted by Gasteiger charge is -2.06. The molecule has 2 saturated carbocycles. The third-order valence-electron chi connectivity index (χ3n) is 3.51. The maximum Gasteiger partial charge on any atom is 0.208 e. The Balaban J connectivity index is 1.69. The summed E-state index contributed by atoms with van der Waals surface area (Å²) in [6.07, 6.45) is 6.18. The molecule has 0 atom stereocenters. The first-order valence-corrected chi connectivity index (χ1v) is 8.44. The Labute approximate surface area is 108 Å². The molecule has 0 unspecified atom stereocenters. The number of sulfonamides is 1. The lowest BCUT2D eigenvalue weighted by molar-refractivity contribution is 0.551. The summed E-state index contributed by atoms with van der Waals surface area (Å²) in [4.78, 5) is 0. The van der Waals surface area contributed by atoms with E-state index in [4.69, 9.17) is 0 Å². The highest BCUT2D eigenvalue weighted by atomic mass is 32.2. The van der Waals surface area contributed by atoms with Gasteiger partial charge in [-0.3, -0.25) is 4.68 Å². The number of hydrogen-bond donors (Lipinski definition) is 1. The van der Waals surface area contributed by atoms with Gasteiger partial charge in [0.25, 0.3) is 0 Å². The second-order valence-electron chi connectivity index (χ2n) is 5.43. The van der Waals surface area contributed by atoms with E-state index in [1.807, 2.05) is 4.68 Å². The van der Waals surface area contributed by atoms with Gasteiger partial charge in [-0.25, -0.2) is 13.1 Å². The van der Waals surface area contributed by atoms with E-state index in [2.05, 4.69) is 15.9 Å². The Morgan fingerprint density at radius 1 is 1.33 bits per heavy atom. The van der Waals surface area contributed by atoms with Crippen molar-refractivity contribution in [2.75, 3.05) is 12.8 Å². The molecule has 18 heavy (non-hydrogen) atoms. The van der Waals surface area contributed by atoms with Crippen molar-refractivity contribution in [3.63, 3.8) is 0 Å². The molecule has 0 amide bonds. The minimum absolute atomic E-state index is 0.421. The molecule has 0 bridgehead atoms. The fraction of sp³-hybridized carbons (Fsp3) is 0.750. The Morgan fingerprint density at radius 2 is 2.00 bits per heavy atom. The van der Waals surface area contributed by atoms with Gasteiger partial charge in [0, 0.05) is 24.1 Å². The van der Waals surface area contributed by atoms with Crippen LogP contribution in [0.3, 0.4) is 0 Å². The van der Waals surface area contributed by atoms with Gasteiger partial charge in [-0.1, -0.05) is 0 Å². The smallest absolute Gasteiger partial charge is 0.208 e. The van der Waals surface area contributed by atoms with Gasteiger partial charge in [0.15, 0.2) is 0 Å². The second-order valence-corrected chi connectivity index (χ2v) is 7.27. The SMILES string of the molecule is CS(=O)(=O)NCCn1nc(C2CC2)cc1C1CC1. The van der Waals surface area contributed by atoms with Gasteiger partial charge < -0.3 is 0 Å². The van der Waals surface area contributed by atoms with Crippen LogP contribution < -0.4 is 4.72 Å². The molecular formula is C12H19N3O2S. The maximum absolute atomic E-state index is 11.0. The number of nitrogens with one attached hydrogen (secondary N) is 1. The van der Waals surface area contributed by atoms with E-state index in [0.29, 0.717) is 24.9 Å². The molecule has 3 rings (SSSR count). The van der Waals surface area contributed by atoms with Crippen molar-refractivity contribution in [1.82, 2.24) is 14.5 Å². The molecule has 2 aliphatic carbocycles. The fourth-order valence-electron chi connectivity index (χ4n) is 2.25. The van der Waals surface area contributed by atoms with E-state index in [9.17, 15) is 8.42 Å². The third-order valence-corrected chi connectivity index (χ3v) is 4.24. The molecule has 5 nitrogen and oxygen atoms in total. The number of nitrogens with zero attached hydrogens (tertiary/aromatic N) is 2. The third kappa shape index (κ3) is 2.92. The summed E-state index contributed by atoms with van der Waals surface area (Å²) in [6, 6.07) is 2.23. The van der Waals surface area contributed by atoms with Gasteiger partial charge in [0.05, 0.1) is 18.5 Å². The molecule has 0 radical (unpaired) electrons. The van der Waals surface area contributed by atoms with Crippen molar-refractivity contribution in [2.45, 2.75) is 44.1 Å². The maximum atomic E-state index is 11.0. The average molecular weight is 269 g/mol. The summed E-state index contributed by atoms with van der Waals surface area (Å²) >= 11 is 0. The first-order valence-electron chi connectivity index (χ1n) is 6.55. The van der Waals surface area contributed by atoms with Crippen LogP contribution in [0.5, 0.6) is 0 Å². The normalized spacial score (nSPS) is 20.3. The molecule has 2 fully saturated rings. The van der Waals surface area contributed by atoms with Crippen LogP contribution >= 0.6 is 0 Å². The second kappa shape index (κ2) is 4.35. The van der Waals surface area contributed by atoms with Crippen molar-refractivity contribution >= 4 is 10.0 Å².